The minimum absolute atomic E-state index is 0.0685. The van der Waals surface area contributed by atoms with Crippen LogP contribution in [0.3, 0.4) is 0 Å². The molecule has 29 heavy (non-hydrogen) atoms. The topological polar surface area (TPSA) is 123 Å². The molecule has 2 aromatic rings. The van der Waals surface area contributed by atoms with Gasteiger partial charge in [-0.3, -0.25) is 24.7 Å². The van der Waals surface area contributed by atoms with Crippen LogP contribution in [0.4, 0.5) is 11.4 Å². The lowest BCUT2D eigenvalue weighted by molar-refractivity contribution is -0.384. The number of nitrogens with zero attached hydrogens (tertiary/aromatic N) is 2. The lowest BCUT2D eigenvalue weighted by Gasteiger charge is -2.11. The number of ether oxygens (including phenoxy) is 1. The first-order valence-electron chi connectivity index (χ1n) is 8.64. The quantitative estimate of drug-likeness (QED) is 0.530. The number of carbonyl (C=O) groups is 2. The predicted molar refractivity (Wildman–Crippen MR) is 110 cm³/mol. The van der Waals surface area contributed by atoms with Crippen LogP contribution >= 0.6 is 11.8 Å². The van der Waals surface area contributed by atoms with Crippen molar-refractivity contribution in [2.45, 2.75) is 18.2 Å². The fourth-order valence-corrected chi connectivity index (χ4v) is 3.60. The van der Waals surface area contributed by atoms with Gasteiger partial charge in [0.25, 0.3) is 5.69 Å². The molecule has 0 saturated carbocycles. The summed E-state index contributed by atoms with van der Waals surface area (Å²) >= 11 is 1.20. The molecule has 1 atom stereocenters. The molecular formula is C19H18N4O5S. The van der Waals surface area contributed by atoms with Crippen molar-refractivity contribution < 1.29 is 19.2 Å². The average Bonchev–Trinajstić information content (AvgIpc) is 3.06. The summed E-state index contributed by atoms with van der Waals surface area (Å²) in [5, 5.41) is 16.0. The molecule has 0 aliphatic carbocycles. The molecule has 2 N–H and O–H groups in total. The van der Waals surface area contributed by atoms with Gasteiger partial charge in [0.05, 0.1) is 30.3 Å². The van der Waals surface area contributed by atoms with Crippen LogP contribution in [0.25, 0.3) is 0 Å². The number of nitro benzene ring substituents is 1. The number of anilines is 1. The maximum atomic E-state index is 12.4. The van der Waals surface area contributed by atoms with Crippen LogP contribution in [0.2, 0.25) is 0 Å². The number of benzene rings is 2. The second-order valence-corrected chi connectivity index (χ2v) is 7.29. The van der Waals surface area contributed by atoms with Crippen molar-refractivity contribution in [2.75, 3.05) is 12.4 Å². The average molecular weight is 414 g/mol. The van der Waals surface area contributed by atoms with Crippen molar-refractivity contribution in [3.63, 3.8) is 0 Å². The van der Waals surface area contributed by atoms with E-state index in [-0.39, 0.29) is 23.8 Å². The molecule has 9 nitrogen and oxygen atoms in total. The second-order valence-electron chi connectivity index (χ2n) is 6.10. The summed E-state index contributed by atoms with van der Waals surface area (Å²) in [5.41, 5.74) is 1.16. The van der Waals surface area contributed by atoms with Crippen LogP contribution < -0.4 is 15.4 Å². The van der Waals surface area contributed by atoms with Gasteiger partial charge in [0, 0.05) is 12.5 Å². The van der Waals surface area contributed by atoms with Gasteiger partial charge in [-0.2, -0.15) is 0 Å². The second kappa shape index (κ2) is 9.20. The standard InChI is InChI=1S/C19H18N4O5S/c1-28-15-9-13(23(26)27)7-8-14(15)21-17(24)10-16-18(25)22-19(29-16)20-11-12-5-3-2-4-6-12/h2-9,16H,10-11H2,1H3,(H,21,24)(H,20,22,25)/t16-/m1/s1. The lowest BCUT2D eigenvalue weighted by atomic mass is 10.2. The van der Waals surface area contributed by atoms with Crippen molar-refractivity contribution >= 4 is 40.1 Å². The first-order valence-corrected chi connectivity index (χ1v) is 9.52. The van der Waals surface area contributed by atoms with Crippen molar-refractivity contribution in [3.05, 3.63) is 64.2 Å². The molecule has 10 heteroatoms. The highest BCUT2D eigenvalue weighted by Crippen LogP contribution is 2.30. The van der Waals surface area contributed by atoms with E-state index in [1.165, 1.54) is 37.1 Å². The summed E-state index contributed by atoms with van der Waals surface area (Å²) in [5.74, 6) is -0.525. The lowest BCUT2D eigenvalue weighted by Crippen LogP contribution is -2.28. The largest absolute Gasteiger partial charge is 0.494 e. The van der Waals surface area contributed by atoms with E-state index in [1.54, 1.807) is 0 Å². The SMILES string of the molecule is COc1cc([N+](=O)[O-])ccc1NC(=O)C[C@H]1SC(=NCc2ccccc2)NC1=O. The summed E-state index contributed by atoms with van der Waals surface area (Å²) in [6, 6.07) is 13.5. The van der Waals surface area contributed by atoms with Crippen LogP contribution in [-0.2, 0) is 16.1 Å². The number of methoxy groups -OCH3 is 1. The van der Waals surface area contributed by atoms with Gasteiger partial charge in [-0.05, 0) is 11.6 Å². The van der Waals surface area contributed by atoms with E-state index in [0.29, 0.717) is 17.4 Å². The van der Waals surface area contributed by atoms with Crippen LogP contribution in [0.15, 0.2) is 53.5 Å². The normalized spacial score (nSPS) is 17.1. The Morgan fingerprint density at radius 3 is 2.76 bits per heavy atom. The van der Waals surface area contributed by atoms with E-state index in [4.69, 9.17) is 4.74 Å². The van der Waals surface area contributed by atoms with Crippen molar-refractivity contribution in [1.29, 1.82) is 0 Å². The van der Waals surface area contributed by atoms with E-state index in [0.717, 1.165) is 5.56 Å². The number of aliphatic imine (C=N–C) groups is 1. The third-order valence-corrected chi connectivity index (χ3v) is 5.19. The van der Waals surface area contributed by atoms with Crippen LogP contribution in [0.5, 0.6) is 5.75 Å². The number of nitro groups is 1. The molecule has 1 saturated heterocycles. The first-order chi connectivity index (χ1) is 14.0. The van der Waals surface area contributed by atoms with E-state index in [2.05, 4.69) is 15.6 Å². The molecule has 150 valence electrons. The molecule has 0 aromatic heterocycles. The fraction of sp³-hybridized carbons (Fsp3) is 0.211. The van der Waals surface area contributed by atoms with Gasteiger partial charge in [0.15, 0.2) is 5.17 Å². The van der Waals surface area contributed by atoms with Crippen molar-refractivity contribution in [1.82, 2.24) is 5.32 Å². The summed E-state index contributed by atoms with van der Waals surface area (Å²) < 4.78 is 5.10. The summed E-state index contributed by atoms with van der Waals surface area (Å²) in [6.07, 6.45) is -0.0685. The van der Waals surface area contributed by atoms with Gasteiger partial charge in [0.2, 0.25) is 11.8 Å². The minimum Gasteiger partial charge on any atom is -0.494 e. The number of rotatable bonds is 7. The van der Waals surface area contributed by atoms with Gasteiger partial charge in [-0.15, -0.1) is 0 Å². The Morgan fingerprint density at radius 2 is 2.07 bits per heavy atom. The molecule has 1 aliphatic heterocycles. The van der Waals surface area contributed by atoms with Gasteiger partial charge in [-0.1, -0.05) is 42.1 Å². The third-order valence-electron chi connectivity index (χ3n) is 4.07. The van der Waals surface area contributed by atoms with Crippen molar-refractivity contribution in [2.24, 2.45) is 4.99 Å². The number of amidine groups is 1. The van der Waals surface area contributed by atoms with Crippen LogP contribution in [-0.4, -0.2) is 34.3 Å². The monoisotopic (exact) mass is 414 g/mol. The Hall–Kier alpha value is -3.40. The maximum absolute atomic E-state index is 12.4. The molecule has 3 rings (SSSR count). The summed E-state index contributed by atoms with van der Waals surface area (Å²) in [4.78, 5) is 39.2. The number of thioether (sulfide) groups is 1. The van der Waals surface area contributed by atoms with E-state index in [1.807, 2.05) is 30.3 Å². The Kier molecular flexibility index (Phi) is 6.45. The van der Waals surface area contributed by atoms with E-state index < -0.39 is 16.1 Å². The molecule has 0 bridgehead atoms. The van der Waals surface area contributed by atoms with E-state index in [9.17, 15) is 19.7 Å². The molecule has 1 aliphatic rings. The predicted octanol–water partition coefficient (Wildman–Crippen LogP) is 2.72. The molecule has 0 spiro atoms. The number of non-ortho nitro benzene ring substituents is 1. The number of amides is 2. The molecule has 1 fully saturated rings. The smallest absolute Gasteiger partial charge is 0.273 e. The maximum Gasteiger partial charge on any atom is 0.273 e. The molecule has 0 radical (unpaired) electrons. The Balaban J connectivity index is 1.59. The Bertz CT molecular complexity index is 964. The summed E-state index contributed by atoms with van der Waals surface area (Å²) in [6.45, 7) is 0.433. The molecule has 2 aromatic carbocycles. The zero-order valence-electron chi connectivity index (χ0n) is 15.5. The van der Waals surface area contributed by atoms with Crippen LogP contribution in [0.1, 0.15) is 12.0 Å². The number of hydrogen-bond donors (Lipinski definition) is 2. The first kappa shape index (κ1) is 20.3. The van der Waals surface area contributed by atoms with E-state index >= 15 is 0 Å². The Labute approximate surface area is 170 Å². The van der Waals surface area contributed by atoms with Gasteiger partial charge in [0.1, 0.15) is 11.0 Å². The minimum atomic E-state index is -0.603. The number of carbonyl (C=O) groups excluding carboxylic acids is 2. The number of hydrogen-bond acceptors (Lipinski definition) is 7. The summed E-state index contributed by atoms with van der Waals surface area (Å²) in [7, 11) is 1.35. The molecule has 2 amide bonds. The van der Waals surface area contributed by atoms with Gasteiger partial charge < -0.3 is 15.4 Å². The highest BCUT2D eigenvalue weighted by Gasteiger charge is 2.32. The Morgan fingerprint density at radius 1 is 1.31 bits per heavy atom. The van der Waals surface area contributed by atoms with Crippen molar-refractivity contribution in [3.8, 4) is 5.75 Å². The van der Waals surface area contributed by atoms with Gasteiger partial charge in [-0.25, -0.2) is 0 Å². The van der Waals surface area contributed by atoms with Gasteiger partial charge >= 0.3 is 0 Å². The highest BCUT2D eigenvalue weighted by atomic mass is 32.2. The fourth-order valence-electron chi connectivity index (χ4n) is 2.63. The van der Waals surface area contributed by atoms with Crippen LogP contribution in [0, 0.1) is 10.1 Å². The third kappa shape index (κ3) is 5.32. The zero-order chi connectivity index (χ0) is 20.8. The number of nitrogens with one attached hydrogen (secondary N) is 2. The molecule has 1 heterocycles. The highest BCUT2D eigenvalue weighted by molar-refractivity contribution is 8.15. The molecular weight excluding hydrogens is 396 g/mol. The molecule has 0 unspecified atom stereocenters. The zero-order valence-corrected chi connectivity index (χ0v) is 16.3.